The van der Waals surface area contributed by atoms with Crippen LogP contribution in [0.3, 0.4) is 0 Å². The lowest BCUT2D eigenvalue weighted by Crippen LogP contribution is -2.51. The molecule has 0 spiro atoms. The van der Waals surface area contributed by atoms with E-state index in [-0.39, 0.29) is 23.8 Å². The molecule has 0 aromatic carbocycles. The van der Waals surface area contributed by atoms with Gasteiger partial charge in [0.15, 0.2) is 5.82 Å². The fraction of sp³-hybridized carbons (Fsp3) is 0.792. The van der Waals surface area contributed by atoms with Gasteiger partial charge in [-0.25, -0.2) is 0 Å². The number of rotatable bonds is 9. The number of piperazine rings is 1. The predicted octanol–water partition coefficient (Wildman–Crippen LogP) is 1.75. The minimum Gasteiger partial charge on any atom is -0.353 e. The van der Waals surface area contributed by atoms with Crippen molar-refractivity contribution in [3.05, 3.63) is 11.7 Å². The fourth-order valence-corrected chi connectivity index (χ4v) is 4.78. The van der Waals surface area contributed by atoms with Gasteiger partial charge >= 0.3 is 0 Å². The molecule has 190 valence electrons. The first-order valence-electron chi connectivity index (χ1n) is 12.7. The highest BCUT2D eigenvalue weighted by atomic mass is 16.5. The van der Waals surface area contributed by atoms with E-state index >= 15 is 0 Å². The molecule has 0 bridgehead atoms. The maximum absolute atomic E-state index is 12.7. The fourth-order valence-electron chi connectivity index (χ4n) is 4.78. The Hall–Kier alpha value is -2.49. The molecule has 34 heavy (non-hydrogen) atoms. The molecule has 2 heterocycles. The highest BCUT2D eigenvalue weighted by Crippen LogP contribution is 2.34. The van der Waals surface area contributed by atoms with Gasteiger partial charge in [-0.3, -0.25) is 19.3 Å². The maximum Gasteiger partial charge on any atom is 0.234 e. The summed E-state index contributed by atoms with van der Waals surface area (Å²) in [7, 11) is 0. The third-order valence-corrected chi connectivity index (χ3v) is 6.93. The molecule has 1 aliphatic heterocycles. The summed E-state index contributed by atoms with van der Waals surface area (Å²) in [6.45, 7) is 8.51. The average molecular weight is 477 g/mol. The van der Waals surface area contributed by atoms with Crippen molar-refractivity contribution in [3.63, 3.8) is 0 Å². The molecule has 1 atom stereocenters. The second-order valence-electron chi connectivity index (χ2n) is 9.72. The van der Waals surface area contributed by atoms with Crippen LogP contribution in [0.1, 0.15) is 83.9 Å². The quantitative estimate of drug-likeness (QED) is 0.521. The summed E-state index contributed by atoms with van der Waals surface area (Å²) < 4.78 is 5.47. The monoisotopic (exact) mass is 476 g/mol. The van der Waals surface area contributed by atoms with E-state index < -0.39 is 5.54 Å². The van der Waals surface area contributed by atoms with E-state index in [1.54, 1.807) is 0 Å². The predicted molar refractivity (Wildman–Crippen MR) is 127 cm³/mol. The van der Waals surface area contributed by atoms with Crippen LogP contribution in [0.2, 0.25) is 0 Å². The van der Waals surface area contributed by atoms with E-state index in [1.807, 2.05) is 18.7 Å². The topological polar surface area (TPSA) is 121 Å². The molecular formula is C24H40N6O4. The number of nitrogens with zero attached hydrogens (tertiary/aromatic N) is 4. The van der Waals surface area contributed by atoms with E-state index in [9.17, 15) is 14.4 Å². The Balaban J connectivity index is 1.48. The van der Waals surface area contributed by atoms with Crippen LogP contribution in [0.15, 0.2) is 4.52 Å². The van der Waals surface area contributed by atoms with E-state index in [1.165, 1.54) is 6.92 Å². The van der Waals surface area contributed by atoms with Gasteiger partial charge in [0.1, 0.15) is 5.54 Å². The van der Waals surface area contributed by atoms with Crippen LogP contribution in [-0.2, 0) is 26.3 Å². The minimum atomic E-state index is -0.578. The number of carbonyl (C=O) groups is 3. The normalized spacial score (nSPS) is 19.8. The zero-order valence-corrected chi connectivity index (χ0v) is 20.9. The summed E-state index contributed by atoms with van der Waals surface area (Å²) in [5, 5.41) is 10.3. The molecule has 2 N–H and O–H groups in total. The molecule has 1 unspecified atom stereocenters. The minimum absolute atomic E-state index is 0.0343. The largest absolute Gasteiger partial charge is 0.353 e. The van der Waals surface area contributed by atoms with E-state index in [0.717, 1.165) is 44.9 Å². The number of hydrogen-bond donors (Lipinski definition) is 2. The van der Waals surface area contributed by atoms with Crippen LogP contribution in [-0.4, -0.2) is 76.4 Å². The van der Waals surface area contributed by atoms with Gasteiger partial charge in [0, 0.05) is 52.0 Å². The molecule has 2 fully saturated rings. The van der Waals surface area contributed by atoms with Crippen LogP contribution < -0.4 is 10.6 Å². The van der Waals surface area contributed by atoms with Gasteiger partial charge < -0.3 is 20.1 Å². The Bertz CT molecular complexity index is 825. The van der Waals surface area contributed by atoms with Crippen molar-refractivity contribution in [1.29, 1.82) is 0 Å². The van der Waals surface area contributed by atoms with Crippen molar-refractivity contribution in [2.45, 2.75) is 90.1 Å². The summed E-state index contributed by atoms with van der Waals surface area (Å²) in [4.78, 5) is 45.2. The Morgan fingerprint density at radius 2 is 1.76 bits per heavy atom. The number of hydrogen-bond acceptors (Lipinski definition) is 7. The highest BCUT2D eigenvalue weighted by Gasteiger charge is 2.38. The van der Waals surface area contributed by atoms with Gasteiger partial charge in [-0.2, -0.15) is 4.98 Å². The molecule has 10 heteroatoms. The first-order valence-corrected chi connectivity index (χ1v) is 12.7. The molecule has 1 aromatic heterocycles. The van der Waals surface area contributed by atoms with E-state index in [4.69, 9.17) is 4.52 Å². The molecular weight excluding hydrogens is 436 g/mol. The lowest BCUT2D eigenvalue weighted by atomic mass is 9.89. The second-order valence-corrected chi connectivity index (χ2v) is 9.72. The van der Waals surface area contributed by atoms with Gasteiger partial charge in [-0.05, 0) is 26.2 Å². The smallest absolute Gasteiger partial charge is 0.234 e. The van der Waals surface area contributed by atoms with Crippen molar-refractivity contribution >= 4 is 17.7 Å². The lowest BCUT2D eigenvalue weighted by molar-refractivity contribution is -0.133. The number of aryl methyl sites for hydroxylation is 1. The first kappa shape index (κ1) is 26.1. The summed E-state index contributed by atoms with van der Waals surface area (Å²) in [6.07, 6.45) is 7.45. The standard InChI is InChI=1S/C24H40N6O4/c1-4-18(2)25-20(32)17-29-13-15-30(16-14-29)22(33)10-9-21-26-23(28-34-21)24(27-19(3)31)11-7-5-6-8-12-24/h18H,4-17H2,1-3H3,(H,25,32)(H,27,31). The third kappa shape index (κ3) is 7.25. The Kier molecular flexibility index (Phi) is 9.44. The Morgan fingerprint density at radius 3 is 2.38 bits per heavy atom. The van der Waals surface area contributed by atoms with Crippen molar-refractivity contribution < 1.29 is 18.9 Å². The molecule has 10 nitrogen and oxygen atoms in total. The molecule has 1 saturated carbocycles. The summed E-state index contributed by atoms with van der Waals surface area (Å²) >= 11 is 0. The van der Waals surface area contributed by atoms with Gasteiger partial charge in [0.05, 0.1) is 6.54 Å². The van der Waals surface area contributed by atoms with Crippen LogP contribution in [0.5, 0.6) is 0 Å². The van der Waals surface area contributed by atoms with Crippen molar-refractivity contribution in [3.8, 4) is 0 Å². The molecule has 1 aromatic rings. The van der Waals surface area contributed by atoms with E-state index in [0.29, 0.717) is 57.3 Å². The number of aromatic nitrogens is 2. The Labute approximate surface area is 202 Å². The molecule has 0 radical (unpaired) electrons. The molecule has 3 rings (SSSR count). The van der Waals surface area contributed by atoms with Crippen molar-refractivity contribution in [1.82, 2.24) is 30.6 Å². The second kappa shape index (κ2) is 12.3. The third-order valence-electron chi connectivity index (χ3n) is 6.93. The van der Waals surface area contributed by atoms with Crippen LogP contribution >= 0.6 is 0 Å². The zero-order chi connectivity index (χ0) is 24.6. The van der Waals surface area contributed by atoms with Crippen molar-refractivity contribution in [2.75, 3.05) is 32.7 Å². The number of carbonyl (C=O) groups excluding carboxylic acids is 3. The summed E-state index contributed by atoms with van der Waals surface area (Å²) in [5.74, 6) is 0.940. The molecule has 1 aliphatic carbocycles. The highest BCUT2D eigenvalue weighted by molar-refractivity contribution is 5.78. The van der Waals surface area contributed by atoms with Crippen LogP contribution in [0.4, 0.5) is 0 Å². The summed E-state index contributed by atoms with van der Waals surface area (Å²) in [6, 6.07) is 0.177. The van der Waals surface area contributed by atoms with Gasteiger partial charge in [0.2, 0.25) is 23.6 Å². The average Bonchev–Trinajstić information content (AvgIpc) is 3.17. The zero-order valence-electron chi connectivity index (χ0n) is 20.9. The number of amides is 3. The van der Waals surface area contributed by atoms with Gasteiger partial charge in [0.25, 0.3) is 0 Å². The molecule has 3 amide bonds. The Morgan fingerprint density at radius 1 is 1.09 bits per heavy atom. The van der Waals surface area contributed by atoms with Gasteiger partial charge in [-0.1, -0.05) is 37.8 Å². The van der Waals surface area contributed by atoms with Crippen LogP contribution in [0, 0.1) is 0 Å². The number of nitrogens with one attached hydrogen (secondary N) is 2. The summed E-state index contributed by atoms with van der Waals surface area (Å²) in [5.41, 5.74) is -0.578. The lowest BCUT2D eigenvalue weighted by Gasteiger charge is -2.34. The van der Waals surface area contributed by atoms with Crippen molar-refractivity contribution in [2.24, 2.45) is 0 Å². The SMILES string of the molecule is CCC(C)NC(=O)CN1CCN(C(=O)CCc2nc(C3(NC(C)=O)CCCCCC3)no2)CC1. The van der Waals surface area contributed by atoms with Gasteiger partial charge in [-0.15, -0.1) is 0 Å². The molecule has 1 saturated heterocycles. The van der Waals surface area contributed by atoms with Crippen LogP contribution in [0.25, 0.3) is 0 Å². The van der Waals surface area contributed by atoms with E-state index in [2.05, 4.69) is 25.7 Å². The molecule has 2 aliphatic rings. The maximum atomic E-state index is 12.7. The first-order chi connectivity index (χ1) is 16.3.